The zero-order valence-electron chi connectivity index (χ0n) is 9.61. The van der Waals surface area contributed by atoms with Crippen molar-refractivity contribution in [2.75, 3.05) is 0 Å². The summed E-state index contributed by atoms with van der Waals surface area (Å²) in [4.78, 5) is 10.8. The summed E-state index contributed by atoms with van der Waals surface area (Å²) in [5.41, 5.74) is 2.36. The SMILES string of the molecule is Cc1cccc([N+](=O)[O-])c1C1CCCCC1. The maximum Gasteiger partial charge on any atom is 0.273 e. The number of nitro benzene ring substituents is 1. The van der Waals surface area contributed by atoms with Gasteiger partial charge in [0.25, 0.3) is 5.69 Å². The third-order valence-corrected chi connectivity index (χ3v) is 3.51. The minimum Gasteiger partial charge on any atom is -0.258 e. The Morgan fingerprint density at radius 3 is 2.56 bits per heavy atom. The molecule has 0 amide bonds. The average molecular weight is 219 g/mol. The molecule has 1 saturated carbocycles. The average Bonchev–Trinajstić information content (AvgIpc) is 2.29. The molecule has 0 radical (unpaired) electrons. The maximum absolute atomic E-state index is 11.0. The van der Waals surface area contributed by atoms with Crippen LogP contribution >= 0.6 is 0 Å². The fourth-order valence-corrected chi connectivity index (χ4v) is 2.75. The Morgan fingerprint density at radius 2 is 1.94 bits per heavy atom. The second kappa shape index (κ2) is 4.64. The van der Waals surface area contributed by atoms with Gasteiger partial charge in [0.1, 0.15) is 0 Å². The Labute approximate surface area is 95.6 Å². The van der Waals surface area contributed by atoms with Gasteiger partial charge in [0, 0.05) is 11.6 Å². The summed E-state index contributed by atoms with van der Waals surface area (Å²) in [6.45, 7) is 1.98. The Hall–Kier alpha value is -1.38. The van der Waals surface area contributed by atoms with Gasteiger partial charge in [-0.3, -0.25) is 10.1 Å². The first-order valence-corrected chi connectivity index (χ1v) is 5.94. The molecular weight excluding hydrogens is 202 g/mol. The van der Waals surface area contributed by atoms with Crippen molar-refractivity contribution in [1.82, 2.24) is 0 Å². The second-order valence-corrected chi connectivity index (χ2v) is 4.60. The molecule has 0 atom stereocenters. The molecule has 3 heteroatoms. The minimum absolute atomic E-state index is 0.239. The van der Waals surface area contributed by atoms with Crippen LogP contribution in [0.4, 0.5) is 5.69 Å². The summed E-state index contributed by atoms with van der Waals surface area (Å²) < 4.78 is 0. The third-order valence-electron chi connectivity index (χ3n) is 3.51. The number of hydrogen-bond acceptors (Lipinski definition) is 2. The molecule has 0 aliphatic heterocycles. The first-order chi connectivity index (χ1) is 7.70. The number of nitro groups is 1. The Bertz CT molecular complexity index is 395. The minimum atomic E-state index is -0.239. The molecular formula is C13H17NO2. The highest BCUT2D eigenvalue weighted by atomic mass is 16.6. The van der Waals surface area contributed by atoms with E-state index >= 15 is 0 Å². The molecule has 1 aliphatic rings. The van der Waals surface area contributed by atoms with Crippen molar-refractivity contribution < 1.29 is 4.92 Å². The van der Waals surface area contributed by atoms with E-state index < -0.39 is 0 Å². The fourth-order valence-electron chi connectivity index (χ4n) is 2.75. The first kappa shape index (κ1) is 11.1. The molecule has 1 aromatic rings. The van der Waals surface area contributed by atoms with Crippen molar-refractivity contribution in [3.8, 4) is 0 Å². The van der Waals surface area contributed by atoms with E-state index in [0.29, 0.717) is 11.6 Å². The van der Waals surface area contributed by atoms with Crippen LogP contribution in [0.25, 0.3) is 0 Å². The summed E-state index contributed by atoms with van der Waals surface area (Å²) in [5, 5.41) is 11.0. The lowest BCUT2D eigenvalue weighted by atomic mass is 9.81. The molecule has 0 aromatic heterocycles. The van der Waals surface area contributed by atoms with E-state index in [1.807, 2.05) is 13.0 Å². The Kier molecular flexibility index (Phi) is 3.22. The highest BCUT2D eigenvalue weighted by molar-refractivity contribution is 5.47. The summed E-state index contributed by atoms with van der Waals surface area (Å²) >= 11 is 0. The quantitative estimate of drug-likeness (QED) is 0.558. The van der Waals surface area contributed by atoms with E-state index in [-0.39, 0.29) is 4.92 Å². The molecule has 0 unspecified atom stereocenters. The molecule has 0 spiro atoms. The molecule has 0 N–H and O–H groups in total. The smallest absolute Gasteiger partial charge is 0.258 e. The lowest BCUT2D eigenvalue weighted by Gasteiger charge is -2.23. The molecule has 0 saturated heterocycles. The van der Waals surface area contributed by atoms with Gasteiger partial charge in [-0.15, -0.1) is 0 Å². The van der Waals surface area contributed by atoms with Gasteiger partial charge in [-0.05, 0) is 31.2 Å². The van der Waals surface area contributed by atoms with Gasteiger partial charge in [-0.1, -0.05) is 31.4 Å². The van der Waals surface area contributed by atoms with Gasteiger partial charge >= 0.3 is 0 Å². The molecule has 1 aromatic carbocycles. The van der Waals surface area contributed by atoms with E-state index in [1.165, 1.54) is 19.3 Å². The van der Waals surface area contributed by atoms with Crippen LogP contribution in [0.15, 0.2) is 18.2 Å². The van der Waals surface area contributed by atoms with Crippen LogP contribution in [0, 0.1) is 17.0 Å². The van der Waals surface area contributed by atoms with Gasteiger partial charge < -0.3 is 0 Å². The van der Waals surface area contributed by atoms with E-state index in [0.717, 1.165) is 24.0 Å². The molecule has 0 bridgehead atoms. The van der Waals surface area contributed by atoms with Crippen molar-refractivity contribution in [3.05, 3.63) is 39.4 Å². The highest BCUT2D eigenvalue weighted by Gasteiger charge is 2.25. The number of nitrogens with zero attached hydrogens (tertiary/aromatic N) is 1. The van der Waals surface area contributed by atoms with E-state index in [2.05, 4.69) is 0 Å². The number of hydrogen-bond donors (Lipinski definition) is 0. The van der Waals surface area contributed by atoms with E-state index in [4.69, 9.17) is 0 Å². The summed E-state index contributed by atoms with van der Waals surface area (Å²) in [6, 6.07) is 5.40. The lowest BCUT2D eigenvalue weighted by molar-refractivity contribution is -0.385. The van der Waals surface area contributed by atoms with Crippen molar-refractivity contribution in [1.29, 1.82) is 0 Å². The monoisotopic (exact) mass is 219 g/mol. The Morgan fingerprint density at radius 1 is 1.25 bits per heavy atom. The summed E-state index contributed by atoms with van der Waals surface area (Å²) in [5.74, 6) is 0.398. The van der Waals surface area contributed by atoms with Crippen LogP contribution < -0.4 is 0 Å². The summed E-state index contributed by atoms with van der Waals surface area (Å²) in [7, 11) is 0. The van der Waals surface area contributed by atoms with Crippen molar-refractivity contribution >= 4 is 5.69 Å². The third kappa shape index (κ3) is 2.08. The molecule has 2 rings (SSSR count). The van der Waals surface area contributed by atoms with Crippen LogP contribution in [-0.2, 0) is 0 Å². The van der Waals surface area contributed by atoms with Gasteiger partial charge in [0.15, 0.2) is 0 Å². The zero-order chi connectivity index (χ0) is 11.5. The van der Waals surface area contributed by atoms with Crippen LogP contribution in [0.1, 0.15) is 49.1 Å². The van der Waals surface area contributed by atoms with Crippen LogP contribution in [0.3, 0.4) is 0 Å². The maximum atomic E-state index is 11.0. The predicted octanol–water partition coefficient (Wildman–Crippen LogP) is 3.95. The zero-order valence-corrected chi connectivity index (χ0v) is 9.61. The number of benzene rings is 1. The molecule has 86 valence electrons. The highest BCUT2D eigenvalue weighted by Crippen LogP contribution is 2.38. The largest absolute Gasteiger partial charge is 0.273 e. The van der Waals surface area contributed by atoms with E-state index in [1.54, 1.807) is 12.1 Å². The number of aryl methyl sites for hydroxylation is 1. The molecule has 1 fully saturated rings. The topological polar surface area (TPSA) is 43.1 Å². The molecule has 0 heterocycles. The summed E-state index contributed by atoms with van der Waals surface area (Å²) in [6.07, 6.45) is 5.89. The Balaban J connectivity index is 2.40. The van der Waals surface area contributed by atoms with Crippen LogP contribution in [0.5, 0.6) is 0 Å². The van der Waals surface area contributed by atoms with Gasteiger partial charge in [-0.25, -0.2) is 0 Å². The molecule has 3 nitrogen and oxygen atoms in total. The van der Waals surface area contributed by atoms with Crippen LogP contribution in [0.2, 0.25) is 0 Å². The van der Waals surface area contributed by atoms with Crippen LogP contribution in [-0.4, -0.2) is 4.92 Å². The van der Waals surface area contributed by atoms with Gasteiger partial charge in [0.05, 0.1) is 4.92 Å². The number of rotatable bonds is 2. The van der Waals surface area contributed by atoms with E-state index in [9.17, 15) is 10.1 Å². The molecule has 1 aliphatic carbocycles. The predicted molar refractivity (Wildman–Crippen MR) is 63.7 cm³/mol. The van der Waals surface area contributed by atoms with Gasteiger partial charge in [0.2, 0.25) is 0 Å². The first-order valence-electron chi connectivity index (χ1n) is 5.94. The molecule has 16 heavy (non-hydrogen) atoms. The van der Waals surface area contributed by atoms with Crippen molar-refractivity contribution in [3.63, 3.8) is 0 Å². The standard InChI is InChI=1S/C13H17NO2/c1-10-6-5-9-12(14(15)16)13(10)11-7-3-2-4-8-11/h5-6,9,11H,2-4,7-8H2,1H3. The van der Waals surface area contributed by atoms with Crippen molar-refractivity contribution in [2.45, 2.75) is 44.9 Å². The van der Waals surface area contributed by atoms with Gasteiger partial charge in [-0.2, -0.15) is 0 Å². The van der Waals surface area contributed by atoms with Crippen molar-refractivity contribution in [2.24, 2.45) is 0 Å². The fraction of sp³-hybridized carbons (Fsp3) is 0.538. The lowest BCUT2D eigenvalue weighted by Crippen LogP contribution is -2.09. The normalized spacial score (nSPS) is 17.3. The second-order valence-electron chi connectivity index (χ2n) is 4.60.